The van der Waals surface area contributed by atoms with E-state index in [1.807, 2.05) is 30.3 Å². The highest BCUT2D eigenvalue weighted by Gasteiger charge is 2.18. The highest BCUT2D eigenvalue weighted by atomic mass is 35.5. The molecule has 0 atom stereocenters. The second-order valence-corrected chi connectivity index (χ2v) is 9.22. The quantitative estimate of drug-likeness (QED) is 0.397. The molecule has 0 radical (unpaired) electrons. The van der Waals surface area contributed by atoms with Crippen LogP contribution < -0.4 is 5.32 Å². The number of hydrogen-bond donors (Lipinski definition) is 2. The molecular formula is C23H21ClN4O2S. The fraction of sp³-hybridized carbons (Fsp3) is 0.217. The van der Waals surface area contributed by atoms with Crippen LogP contribution in [0.1, 0.15) is 31.9 Å². The molecule has 1 amide bonds. The summed E-state index contributed by atoms with van der Waals surface area (Å²) in [4.78, 5) is 20.6. The lowest BCUT2D eigenvalue weighted by atomic mass is 9.86. The van der Waals surface area contributed by atoms with Crippen molar-refractivity contribution in [3.05, 3.63) is 64.7 Å². The van der Waals surface area contributed by atoms with E-state index in [-0.39, 0.29) is 27.8 Å². The van der Waals surface area contributed by atoms with E-state index in [2.05, 4.69) is 36.1 Å². The monoisotopic (exact) mass is 452 g/mol. The molecule has 0 spiro atoms. The number of hydrogen-bond acceptors (Lipinski definition) is 6. The zero-order chi connectivity index (χ0) is 22.6. The number of rotatable bonds is 5. The summed E-state index contributed by atoms with van der Waals surface area (Å²) in [6.45, 7) is 6.34. The van der Waals surface area contributed by atoms with Gasteiger partial charge in [-0.2, -0.15) is 10.2 Å². The van der Waals surface area contributed by atoms with Crippen molar-refractivity contribution < 1.29 is 9.90 Å². The van der Waals surface area contributed by atoms with Crippen LogP contribution in [-0.4, -0.2) is 26.7 Å². The second kappa shape index (κ2) is 9.38. The first-order valence-electron chi connectivity index (χ1n) is 9.47. The summed E-state index contributed by atoms with van der Waals surface area (Å²) in [7, 11) is 0. The molecule has 3 aromatic rings. The number of anilines is 1. The van der Waals surface area contributed by atoms with Gasteiger partial charge in [0.2, 0.25) is 11.8 Å². The highest BCUT2D eigenvalue weighted by Crippen LogP contribution is 2.31. The number of carbonyl (C=O) groups is 1. The number of aromatic nitrogens is 2. The van der Waals surface area contributed by atoms with E-state index < -0.39 is 5.88 Å². The largest absolute Gasteiger partial charge is 0.492 e. The second-order valence-electron chi connectivity index (χ2n) is 7.84. The average Bonchev–Trinajstić information content (AvgIpc) is 2.73. The number of halogens is 1. The molecule has 2 aromatic carbocycles. The smallest absolute Gasteiger partial charge is 0.234 e. The number of thioether (sulfide) groups is 1. The van der Waals surface area contributed by atoms with E-state index in [1.54, 1.807) is 24.3 Å². The lowest BCUT2D eigenvalue weighted by Gasteiger charge is -2.19. The van der Waals surface area contributed by atoms with Crippen LogP contribution in [0.2, 0.25) is 5.02 Å². The van der Waals surface area contributed by atoms with E-state index in [9.17, 15) is 15.2 Å². The van der Waals surface area contributed by atoms with Gasteiger partial charge < -0.3 is 10.4 Å². The Balaban J connectivity index is 1.79. The molecule has 31 heavy (non-hydrogen) atoms. The van der Waals surface area contributed by atoms with Crippen molar-refractivity contribution in [3.8, 4) is 23.2 Å². The van der Waals surface area contributed by atoms with Gasteiger partial charge >= 0.3 is 0 Å². The fourth-order valence-corrected chi connectivity index (χ4v) is 3.56. The number of amides is 1. The van der Waals surface area contributed by atoms with Crippen LogP contribution in [0.5, 0.6) is 5.88 Å². The van der Waals surface area contributed by atoms with Gasteiger partial charge in [-0.05, 0) is 35.2 Å². The minimum atomic E-state index is -0.409. The molecule has 3 rings (SSSR count). The maximum Gasteiger partial charge on any atom is 0.234 e. The van der Waals surface area contributed by atoms with Crippen molar-refractivity contribution in [2.45, 2.75) is 31.3 Å². The standard InChI is InChI=1S/C23H21ClN4O2S/c1-23(2,3)15-6-4-14(5-7-15)20-18(12-25)21(30)28-22(27-20)31-13-19(29)26-17-10-8-16(24)9-11-17/h4-11H,13H2,1-3H3,(H,26,29)(H,27,28,30). The van der Waals surface area contributed by atoms with Gasteiger partial charge in [-0.1, -0.05) is 68.4 Å². The van der Waals surface area contributed by atoms with Crippen molar-refractivity contribution >= 4 is 35.0 Å². The van der Waals surface area contributed by atoms with E-state index in [4.69, 9.17) is 11.6 Å². The van der Waals surface area contributed by atoms with Crippen LogP contribution in [0.25, 0.3) is 11.3 Å². The summed E-state index contributed by atoms with van der Waals surface area (Å²) >= 11 is 6.92. The molecule has 8 heteroatoms. The number of aromatic hydroxyl groups is 1. The van der Waals surface area contributed by atoms with Gasteiger partial charge in [0.15, 0.2) is 5.16 Å². The van der Waals surface area contributed by atoms with Crippen molar-refractivity contribution in [3.63, 3.8) is 0 Å². The molecule has 6 nitrogen and oxygen atoms in total. The van der Waals surface area contributed by atoms with E-state index in [0.29, 0.717) is 22.0 Å². The lowest BCUT2D eigenvalue weighted by Crippen LogP contribution is -2.14. The third-order valence-corrected chi connectivity index (χ3v) is 5.57. The summed E-state index contributed by atoms with van der Waals surface area (Å²) in [5.41, 5.74) is 2.77. The van der Waals surface area contributed by atoms with Crippen molar-refractivity contribution in [1.29, 1.82) is 5.26 Å². The van der Waals surface area contributed by atoms with Gasteiger partial charge in [0, 0.05) is 16.3 Å². The Kier molecular flexibility index (Phi) is 6.84. The molecule has 0 unspecified atom stereocenters. The number of nitriles is 1. The Morgan fingerprint density at radius 1 is 1.13 bits per heavy atom. The first kappa shape index (κ1) is 22.6. The lowest BCUT2D eigenvalue weighted by molar-refractivity contribution is -0.113. The normalized spacial score (nSPS) is 11.1. The van der Waals surface area contributed by atoms with Crippen LogP contribution in [0.15, 0.2) is 53.7 Å². The first-order chi connectivity index (χ1) is 14.7. The Morgan fingerprint density at radius 2 is 1.77 bits per heavy atom. The summed E-state index contributed by atoms with van der Waals surface area (Å²) < 4.78 is 0. The Morgan fingerprint density at radius 3 is 2.35 bits per heavy atom. The predicted octanol–water partition coefficient (Wildman–Crippen LogP) is 5.40. The van der Waals surface area contributed by atoms with Gasteiger partial charge in [0.25, 0.3) is 0 Å². The molecule has 0 aliphatic heterocycles. The number of nitrogens with one attached hydrogen (secondary N) is 1. The Hall–Kier alpha value is -3.08. The van der Waals surface area contributed by atoms with Crippen LogP contribution >= 0.6 is 23.4 Å². The van der Waals surface area contributed by atoms with Crippen molar-refractivity contribution in [2.75, 3.05) is 11.1 Å². The van der Waals surface area contributed by atoms with Crippen LogP contribution in [0, 0.1) is 11.3 Å². The molecule has 2 N–H and O–H groups in total. The highest BCUT2D eigenvalue weighted by molar-refractivity contribution is 7.99. The zero-order valence-electron chi connectivity index (χ0n) is 17.3. The molecule has 0 aliphatic carbocycles. The van der Waals surface area contributed by atoms with Gasteiger partial charge in [-0.25, -0.2) is 4.98 Å². The Bertz CT molecular complexity index is 1130. The maximum atomic E-state index is 12.2. The van der Waals surface area contributed by atoms with Gasteiger partial charge in [0.05, 0.1) is 11.4 Å². The summed E-state index contributed by atoms with van der Waals surface area (Å²) in [5, 5.41) is 23.3. The molecule has 0 saturated heterocycles. The molecular weight excluding hydrogens is 432 g/mol. The topological polar surface area (TPSA) is 98.9 Å². The molecule has 158 valence electrons. The first-order valence-corrected chi connectivity index (χ1v) is 10.8. The SMILES string of the molecule is CC(C)(C)c1ccc(-c2nc(SCC(=O)Nc3ccc(Cl)cc3)nc(O)c2C#N)cc1. The van der Waals surface area contributed by atoms with Crippen LogP contribution in [-0.2, 0) is 10.2 Å². The molecule has 0 aliphatic rings. The zero-order valence-corrected chi connectivity index (χ0v) is 18.9. The third-order valence-electron chi connectivity index (χ3n) is 4.47. The Labute approximate surface area is 190 Å². The average molecular weight is 453 g/mol. The number of carbonyl (C=O) groups excluding carboxylic acids is 1. The molecule has 0 fully saturated rings. The third kappa shape index (κ3) is 5.75. The van der Waals surface area contributed by atoms with Crippen molar-refractivity contribution in [1.82, 2.24) is 9.97 Å². The molecule has 0 bridgehead atoms. The summed E-state index contributed by atoms with van der Waals surface area (Å²) in [6.07, 6.45) is 0. The molecule has 1 aromatic heterocycles. The van der Waals surface area contributed by atoms with Crippen LogP contribution in [0.4, 0.5) is 5.69 Å². The minimum Gasteiger partial charge on any atom is -0.492 e. The summed E-state index contributed by atoms with van der Waals surface area (Å²) in [5.74, 6) is -0.625. The molecule has 0 saturated carbocycles. The minimum absolute atomic E-state index is 0.00141. The van der Waals surface area contributed by atoms with Crippen LogP contribution in [0.3, 0.4) is 0 Å². The van der Waals surface area contributed by atoms with E-state index in [0.717, 1.165) is 17.3 Å². The molecule has 1 heterocycles. The fourth-order valence-electron chi connectivity index (χ4n) is 2.79. The number of benzene rings is 2. The maximum absolute atomic E-state index is 12.2. The van der Waals surface area contributed by atoms with E-state index in [1.165, 1.54) is 0 Å². The van der Waals surface area contributed by atoms with Gasteiger partial charge in [0.1, 0.15) is 11.6 Å². The van der Waals surface area contributed by atoms with Crippen molar-refractivity contribution in [2.24, 2.45) is 0 Å². The van der Waals surface area contributed by atoms with E-state index >= 15 is 0 Å². The predicted molar refractivity (Wildman–Crippen MR) is 123 cm³/mol. The van der Waals surface area contributed by atoms with Gasteiger partial charge in [-0.15, -0.1) is 0 Å². The number of nitrogens with zero attached hydrogens (tertiary/aromatic N) is 3. The summed E-state index contributed by atoms with van der Waals surface area (Å²) in [6, 6.07) is 16.4. The van der Waals surface area contributed by atoms with Gasteiger partial charge in [-0.3, -0.25) is 4.79 Å².